The van der Waals surface area contributed by atoms with E-state index in [4.69, 9.17) is 14.4 Å². The van der Waals surface area contributed by atoms with Crippen molar-refractivity contribution in [2.24, 2.45) is 0 Å². The van der Waals surface area contributed by atoms with E-state index in [1.54, 1.807) is 0 Å². The molecule has 49 heavy (non-hydrogen) atoms. The van der Waals surface area contributed by atoms with Gasteiger partial charge < -0.3 is 4.42 Å². The Morgan fingerprint density at radius 1 is 0.286 bits per heavy atom. The molecule has 2 aromatic heterocycles. The predicted molar refractivity (Wildman–Crippen MR) is 202 cm³/mol. The summed E-state index contributed by atoms with van der Waals surface area (Å²) in [5, 5.41) is 2.18. The molecule has 0 saturated heterocycles. The van der Waals surface area contributed by atoms with Crippen molar-refractivity contribution in [3.8, 4) is 67.3 Å². The predicted octanol–water partition coefficient (Wildman–Crippen LogP) is 12.4. The molecular weight excluding hydrogens is 597 g/mol. The van der Waals surface area contributed by atoms with Gasteiger partial charge in [-0.1, -0.05) is 146 Å². The van der Waals surface area contributed by atoms with E-state index < -0.39 is 0 Å². The van der Waals surface area contributed by atoms with Crippen molar-refractivity contribution in [2.75, 3.05) is 0 Å². The van der Waals surface area contributed by atoms with Gasteiger partial charge in [-0.2, -0.15) is 0 Å². The summed E-state index contributed by atoms with van der Waals surface area (Å²) in [6.45, 7) is 0. The Labute approximate surface area is 284 Å². The Kier molecular flexibility index (Phi) is 7.14. The van der Waals surface area contributed by atoms with Crippen LogP contribution in [0.1, 0.15) is 0 Å². The largest absolute Gasteiger partial charge is 0.456 e. The lowest BCUT2D eigenvalue weighted by Gasteiger charge is -2.12. The molecule has 7 aromatic carbocycles. The van der Waals surface area contributed by atoms with E-state index in [2.05, 4.69) is 152 Å². The maximum absolute atomic E-state index is 6.25. The average molecular weight is 627 g/mol. The van der Waals surface area contributed by atoms with Crippen LogP contribution in [-0.4, -0.2) is 9.97 Å². The van der Waals surface area contributed by atoms with Gasteiger partial charge in [0.1, 0.15) is 11.2 Å². The molecule has 9 aromatic rings. The lowest BCUT2D eigenvalue weighted by Crippen LogP contribution is -1.96. The first-order valence-corrected chi connectivity index (χ1v) is 16.5. The molecular formula is C46H30N2O. The summed E-state index contributed by atoms with van der Waals surface area (Å²) in [7, 11) is 0. The molecule has 0 amide bonds. The van der Waals surface area contributed by atoms with Gasteiger partial charge in [0.15, 0.2) is 5.82 Å². The summed E-state index contributed by atoms with van der Waals surface area (Å²) in [6.07, 6.45) is 0. The fraction of sp³-hybridized carbons (Fsp3) is 0. The number of hydrogen-bond donors (Lipinski definition) is 0. The van der Waals surface area contributed by atoms with Gasteiger partial charge in [-0.3, -0.25) is 0 Å². The van der Waals surface area contributed by atoms with Crippen LogP contribution in [-0.2, 0) is 0 Å². The van der Waals surface area contributed by atoms with Crippen LogP contribution in [0.2, 0.25) is 0 Å². The highest BCUT2D eigenvalue weighted by Gasteiger charge is 2.14. The van der Waals surface area contributed by atoms with Gasteiger partial charge in [0.25, 0.3) is 0 Å². The molecule has 0 aliphatic rings. The fourth-order valence-corrected chi connectivity index (χ4v) is 6.57. The van der Waals surface area contributed by atoms with Crippen LogP contribution in [0.3, 0.4) is 0 Å². The molecule has 0 aliphatic carbocycles. The van der Waals surface area contributed by atoms with E-state index in [0.29, 0.717) is 5.82 Å². The lowest BCUT2D eigenvalue weighted by atomic mass is 9.97. The SMILES string of the molecule is c1ccc(-c2ccc(-c3cc(-c4cccc(-c5cccc(-c6ccccc6)c5)c4)nc(-c4ccc5c(c4)oc4ccccc45)n3)cc2)cc1. The van der Waals surface area contributed by atoms with Crippen LogP contribution in [0, 0.1) is 0 Å². The van der Waals surface area contributed by atoms with Crippen LogP contribution < -0.4 is 0 Å². The highest BCUT2D eigenvalue weighted by atomic mass is 16.3. The Bertz CT molecular complexity index is 2590. The summed E-state index contributed by atoms with van der Waals surface area (Å²) < 4.78 is 6.25. The highest BCUT2D eigenvalue weighted by molar-refractivity contribution is 6.05. The van der Waals surface area contributed by atoms with Crippen LogP contribution in [0.4, 0.5) is 0 Å². The van der Waals surface area contributed by atoms with E-state index in [1.807, 2.05) is 30.3 Å². The summed E-state index contributed by atoms with van der Waals surface area (Å²) >= 11 is 0. The maximum Gasteiger partial charge on any atom is 0.160 e. The van der Waals surface area contributed by atoms with Gasteiger partial charge in [-0.05, 0) is 69.8 Å². The van der Waals surface area contributed by atoms with E-state index in [1.165, 1.54) is 22.3 Å². The topological polar surface area (TPSA) is 38.9 Å². The average Bonchev–Trinajstić information content (AvgIpc) is 3.57. The molecule has 0 fully saturated rings. The van der Waals surface area contributed by atoms with Gasteiger partial charge in [0.2, 0.25) is 0 Å². The molecule has 0 radical (unpaired) electrons. The summed E-state index contributed by atoms with van der Waals surface area (Å²) in [5.74, 6) is 0.651. The number of rotatable bonds is 6. The van der Waals surface area contributed by atoms with Gasteiger partial charge in [0, 0.05) is 27.5 Å². The second-order valence-corrected chi connectivity index (χ2v) is 12.2. The first-order valence-electron chi connectivity index (χ1n) is 16.5. The quantitative estimate of drug-likeness (QED) is 0.184. The molecule has 0 N–H and O–H groups in total. The molecule has 0 bridgehead atoms. The second kappa shape index (κ2) is 12.2. The second-order valence-electron chi connectivity index (χ2n) is 12.2. The lowest BCUT2D eigenvalue weighted by molar-refractivity contribution is 0.669. The summed E-state index contributed by atoms with van der Waals surface area (Å²) in [4.78, 5) is 10.3. The first kappa shape index (κ1) is 28.6. The number of para-hydroxylation sites is 1. The van der Waals surface area contributed by atoms with Gasteiger partial charge >= 0.3 is 0 Å². The minimum absolute atomic E-state index is 0.651. The minimum Gasteiger partial charge on any atom is -0.456 e. The fourth-order valence-electron chi connectivity index (χ4n) is 6.57. The molecule has 3 heteroatoms. The van der Waals surface area contributed by atoms with Crippen LogP contribution in [0.15, 0.2) is 186 Å². The molecule has 3 nitrogen and oxygen atoms in total. The first-order chi connectivity index (χ1) is 24.2. The molecule has 9 rings (SSSR count). The normalized spacial score (nSPS) is 11.3. The third-order valence-electron chi connectivity index (χ3n) is 9.11. The highest BCUT2D eigenvalue weighted by Crippen LogP contribution is 2.35. The molecule has 0 aliphatic heterocycles. The number of benzene rings is 7. The van der Waals surface area contributed by atoms with E-state index in [-0.39, 0.29) is 0 Å². The van der Waals surface area contributed by atoms with E-state index >= 15 is 0 Å². The number of fused-ring (bicyclic) bond motifs is 3. The number of hydrogen-bond acceptors (Lipinski definition) is 3. The number of nitrogens with zero attached hydrogens (tertiary/aromatic N) is 2. The van der Waals surface area contributed by atoms with Gasteiger partial charge in [0.05, 0.1) is 11.4 Å². The van der Waals surface area contributed by atoms with E-state index in [0.717, 1.165) is 61.1 Å². The minimum atomic E-state index is 0.651. The van der Waals surface area contributed by atoms with Crippen molar-refractivity contribution in [3.63, 3.8) is 0 Å². The summed E-state index contributed by atoms with van der Waals surface area (Å²) in [5.41, 5.74) is 13.4. The zero-order valence-corrected chi connectivity index (χ0v) is 26.6. The van der Waals surface area contributed by atoms with Crippen molar-refractivity contribution in [1.82, 2.24) is 9.97 Å². The van der Waals surface area contributed by atoms with Crippen molar-refractivity contribution < 1.29 is 4.42 Å². The van der Waals surface area contributed by atoms with Crippen LogP contribution in [0.25, 0.3) is 89.2 Å². The molecule has 0 unspecified atom stereocenters. The third kappa shape index (κ3) is 5.58. The molecule has 0 atom stereocenters. The standard InChI is InChI=1S/C46H30N2O/c1-3-11-31(12-4-1)33-21-23-34(24-22-33)42-30-43(48-46(47-42)39-25-26-41-40-19-7-8-20-44(40)49-45(41)29-39)38-18-10-17-37(28-38)36-16-9-15-35(27-36)32-13-5-2-6-14-32/h1-30H. The Balaban J connectivity index is 1.16. The maximum atomic E-state index is 6.25. The zero-order chi connectivity index (χ0) is 32.6. The molecule has 0 saturated carbocycles. The zero-order valence-electron chi connectivity index (χ0n) is 26.6. The van der Waals surface area contributed by atoms with Crippen LogP contribution in [0.5, 0.6) is 0 Å². The molecule has 2 heterocycles. The smallest absolute Gasteiger partial charge is 0.160 e. The van der Waals surface area contributed by atoms with Crippen molar-refractivity contribution in [3.05, 3.63) is 182 Å². The Hall–Kier alpha value is -6.58. The monoisotopic (exact) mass is 626 g/mol. The van der Waals surface area contributed by atoms with E-state index in [9.17, 15) is 0 Å². The number of aromatic nitrogens is 2. The number of furan rings is 1. The van der Waals surface area contributed by atoms with Gasteiger partial charge in [-0.25, -0.2) is 9.97 Å². The van der Waals surface area contributed by atoms with Crippen LogP contribution >= 0.6 is 0 Å². The third-order valence-corrected chi connectivity index (χ3v) is 9.11. The van der Waals surface area contributed by atoms with Crippen molar-refractivity contribution >= 4 is 21.9 Å². The molecule has 230 valence electrons. The Morgan fingerprint density at radius 3 is 1.47 bits per heavy atom. The van der Waals surface area contributed by atoms with Crippen molar-refractivity contribution in [1.29, 1.82) is 0 Å². The van der Waals surface area contributed by atoms with Crippen molar-refractivity contribution in [2.45, 2.75) is 0 Å². The Morgan fingerprint density at radius 2 is 0.755 bits per heavy atom. The summed E-state index contributed by atoms with van der Waals surface area (Å²) in [6, 6.07) is 63.4. The molecule has 0 spiro atoms. The van der Waals surface area contributed by atoms with Gasteiger partial charge in [-0.15, -0.1) is 0 Å².